The first-order valence-electron chi connectivity index (χ1n) is 5.31. The van der Waals surface area contributed by atoms with Crippen LogP contribution in [0.2, 0.25) is 0 Å². The van der Waals surface area contributed by atoms with Crippen molar-refractivity contribution in [2.45, 2.75) is 19.4 Å². The molecule has 3 N–H and O–H groups in total. The van der Waals surface area contributed by atoms with E-state index in [9.17, 15) is 9.90 Å². The topological polar surface area (TPSA) is 75.7 Å². The average Bonchev–Trinajstić information content (AvgIpc) is 2.58. The van der Waals surface area contributed by atoms with E-state index in [0.29, 0.717) is 11.4 Å². The molecule has 1 aromatic rings. The number of aromatic hydroxyl groups is 1. The van der Waals surface area contributed by atoms with Crippen molar-refractivity contribution in [2.75, 3.05) is 0 Å². The lowest BCUT2D eigenvalue weighted by Gasteiger charge is -2.17. The fraction of sp³-hybridized carbons (Fsp3) is 0.231. The number of hydrogen-bond acceptors (Lipinski definition) is 4. The Morgan fingerprint density at radius 3 is 2.41 bits per heavy atom. The van der Waals surface area contributed by atoms with Crippen molar-refractivity contribution in [3.05, 3.63) is 35.9 Å². The van der Waals surface area contributed by atoms with E-state index in [1.54, 1.807) is 37.3 Å². The third-order valence-electron chi connectivity index (χ3n) is 3.00. The number of carbonyl (C=O) groups excluding carboxylic acids is 1. The van der Waals surface area contributed by atoms with Crippen LogP contribution in [0.15, 0.2) is 35.3 Å². The van der Waals surface area contributed by atoms with Crippen LogP contribution < -0.4 is 5.73 Å². The Kier molecular flexibility index (Phi) is 2.59. The maximum Gasteiger partial charge on any atom is 0.159 e. The van der Waals surface area contributed by atoms with E-state index in [4.69, 9.17) is 5.73 Å². The summed E-state index contributed by atoms with van der Waals surface area (Å²) in [5.41, 5.74) is 6.99. The van der Waals surface area contributed by atoms with Gasteiger partial charge < -0.3 is 10.8 Å². The second kappa shape index (κ2) is 3.82. The SMILES string of the molecule is CC(=O)C1(N)C=C(c2ccc(O)cc2)N=C1C. The number of rotatable bonds is 2. The predicted octanol–water partition coefficient (Wildman–Crippen LogP) is 1.49. The van der Waals surface area contributed by atoms with Gasteiger partial charge in [0.2, 0.25) is 0 Å². The highest BCUT2D eigenvalue weighted by Crippen LogP contribution is 2.28. The van der Waals surface area contributed by atoms with E-state index in [1.165, 1.54) is 6.92 Å². The van der Waals surface area contributed by atoms with Crippen LogP contribution in [0.5, 0.6) is 5.75 Å². The van der Waals surface area contributed by atoms with Gasteiger partial charge in [-0.3, -0.25) is 9.79 Å². The molecular weight excluding hydrogens is 216 g/mol. The Morgan fingerprint density at radius 1 is 1.35 bits per heavy atom. The van der Waals surface area contributed by atoms with E-state index in [2.05, 4.69) is 4.99 Å². The molecule has 0 saturated heterocycles. The van der Waals surface area contributed by atoms with Crippen LogP contribution in [-0.4, -0.2) is 22.1 Å². The molecule has 1 atom stereocenters. The normalized spacial score (nSPS) is 23.2. The van der Waals surface area contributed by atoms with Crippen molar-refractivity contribution in [1.82, 2.24) is 0 Å². The molecule has 0 amide bonds. The first kappa shape index (κ1) is 11.5. The molecule has 0 spiro atoms. The smallest absolute Gasteiger partial charge is 0.159 e. The van der Waals surface area contributed by atoms with Crippen LogP contribution in [-0.2, 0) is 4.79 Å². The number of aliphatic imine (C=N–C) groups is 1. The number of carbonyl (C=O) groups is 1. The summed E-state index contributed by atoms with van der Waals surface area (Å²) in [4.78, 5) is 15.8. The Balaban J connectivity index is 2.43. The molecule has 1 heterocycles. The van der Waals surface area contributed by atoms with Gasteiger partial charge >= 0.3 is 0 Å². The Morgan fingerprint density at radius 2 is 1.94 bits per heavy atom. The Hall–Kier alpha value is -1.94. The highest BCUT2D eigenvalue weighted by atomic mass is 16.3. The largest absolute Gasteiger partial charge is 0.508 e. The van der Waals surface area contributed by atoms with Crippen molar-refractivity contribution in [1.29, 1.82) is 0 Å². The summed E-state index contributed by atoms with van der Waals surface area (Å²) < 4.78 is 0. The van der Waals surface area contributed by atoms with Crippen molar-refractivity contribution >= 4 is 17.2 Å². The van der Waals surface area contributed by atoms with Crippen LogP contribution >= 0.6 is 0 Å². The number of phenolic OH excluding ortho intramolecular Hbond substituents is 1. The second-order valence-electron chi connectivity index (χ2n) is 4.20. The third-order valence-corrected chi connectivity index (χ3v) is 3.00. The molecule has 1 aliphatic rings. The minimum absolute atomic E-state index is 0.132. The second-order valence-corrected chi connectivity index (χ2v) is 4.20. The molecule has 1 aliphatic heterocycles. The molecule has 1 aromatic carbocycles. The quantitative estimate of drug-likeness (QED) is 0.808. The summed E-state index contributed by atoms with van der Waals surface area (Å²) in [6.45, 7) is 3.20. The van der Waals surface area contributed by atoms with Crippen molar-refractivity contribution < 1.29 is 9.90 Å². The number of nitrogens with two attached hydrogens (primary N) is 1. The van der Waals surface area contributed by atoms with E-state index in [0.717, 1.165) is 5.56 Å². The molecular formula is C13H14N2O2. The van der Waals surface area contributed by atoms with Crippen LogP contribution in [0, 0.1) is 0 Å². The fourth-order valence-corrected chi connectivity index (χ4v) is 1.76. The number of Topliss-reactive ketones (excluding diaryl/α,β-unsaturated/α-hetero) is 1. The third kappa shape index (κ3) is 1.87. The van der Waals surface area contributed by atoms with Crippen molar-refractivity contribution in [2.24, 2.45) is 10.7 Å². The zero-order valence-corrected chi connectivity index (χ0v) is 9.77. The van der Waals surface area contributed by atoms with Gasteiger partial charge in [0.15, 0.2) is 5.78 Å². The van der Waals surface area contributed by atoms with Crippen LogP contribution in [0.4, 0.5) is 0 Å². The van der Waals surface area contributed by atoms with Gasteiger partial charge in [-0.2, -0.15) is 0 Å². The lowest BCUT2D eigenvalue weighted by Crippen LogP contribution is -2.49. The zero-order valence-electron chi connectivity index (χ0n) is 9.77. The molecule has 4 nitrogen and oxygen atoms in total. The number of benzene rings is 1. The summed E-state index contributed by atoms with van der Waals surface area (Å²) in [5.74, 6) is 0.0613. The lowest BCUT2D eigenvalue weighted by molar-refractivity contribution is -0.118. The Bertz CT molecular complexity index is 529. The highest BCUT2D eigenvalue weighted by Gasteiger charge is 2.36. The molecule has 17 heavy (non-hydrogen) atoms. The highest BCUT2D eigenvalue weighted by molar-refractivity contribution is 6.18. The molecule has 2 rings (SSSR count). The van der Waals surface area contributed by atoms with Crippen molar-refractivity contribution in [3.63, 3.8) is 0 Å². The first-order chi connectivity index (χ1) is 7.93. The maximum atomic E-state index is 11.5. The summed E-state index contributed by atoms with van der Waals surface area (Å²) in [5, 5.41) is 9.21. The monoisotopic (exact) mass is 230 g/mol. The molecule has 0 bridgehead atoms. The Labute approximate surface area is 99.5 Å². The van der Waals surface area contributed by atoms with Gasteiger partial charge in [0.05, 0.1) is 5.70 Å². The summed E-state index contributed by atoms with van der Waals surface area (Å²) in [7, 11) is 0. The van der Waals surface area contributed by atoms with Crippen LogP contribution in [0.25, 0.3) is 5.70 Å². The lowest BCUT2D eigenvalue weighted by atomic mass is 9.91. The van der Waals surface area contributed by atoms with Gasteiger partial charge in [-0.05, 0) is 44.2 Å². The predicted molar refractivity (Wildman–Crippen MR) is 66.8 cm³/mol. The van der Waals surface area contributed by atoms with E-state index in [1.807, 2.05) is 0 Å². The number of phenols is 1. The van der Waals surface area contributed by atoms with Gasteiger partial charge in [-0.15, -0.1) is 0 Å². The summed E-state index contributed by atoms with van der Waals surface area (Å²) in [6.07, 6.45) is 1.66. The summed E-state index contributed by atoms with van der Waals surface area (Å²) in [6, 6.07) is 6.63. The number of nitrogens with zero attached hydrogens (tertiary/aromatic N) is 1. The van der Waals surface area contributed by atoms with Gasteiger partial charge in [0.1, 0.15) is 11.3 Å². The van der Waals surface area contributed by atoms with Gasteiger partial charge in [-0.1, -0.05) is 0 Å². The van der Waals surface area contributed by atoms with Gasteiger partial charge in [-0.25, -0.2) is 0 Å². The molecule has 0 aliphatic carbocycles. The van der Waals surface area contributed by atoms with Crippen molar-refractivity contribution in [3.8, 4) is 5.75 Å². The zero-order chi connectivity index (χ0) is 12.6. The van der Waals surface area contributed by atoms with Crippen LogP contribution in [0.3, 0.4) is 0 Å². The molecule has 88 valence electrons. The maximum absolute atomic E-state index is 11.5. The van der Waals surface area contributed by atoms with Gasteiger partial charge in [0.25, 0.3) is 0 Å². The average molecular weight is 230 g/mol. The van der Waals surface area contributed by atoms with E-state index < -0.39 is 5.54 Å². The molecule has 4 heteroatoms. The minimum Gasteiger partial charge on any atom is -0.508 e. The minimum atomic E-state index is -1.09. The summed E-state index contributed by atoms with van der Waals surface area (Å²) >= 11 is 0. The van der Waals surface area contributed by atoms with Crippen LogP contribution in [0.1, 0.15) is 19.4 Å². The molecule has 0 radical (unpaired) electrons. The standard InChI is InChI=1S/C13H14N2O2/c1-8-13(14,9(2)16)7-12(15-8)10-3-5-11(17)6-4-10/h3-7,17H,14H2,1-2H3. The van der Waals surface area contributed by atoms with E-state index in [-0.39, 0.29) is 11.5 Å². The van der Waals surface area contributed by atoms with Gasteiger partial charge in [0, 0.05) is 11.3 Å². The molecule has 0 aromatic heterocycles. The fourth-order valence-electron chi connectivity index (χ4n) is 1.76. The van der Waals surface area contributed by atoms with E-state index >= 15 is 0 Å². The molecule has 1 unspecified atom stereocenters. The molecule has 0 saturated carbocycles. The number of hydrogen-bond donors (Lipinski definition) is 2. The first-order valence-corrected chi connectivity index (χ1v) is 5.31. The molecule has 0 fully saturated rings. The number of ketones is 1.